The standard InChI is InChI=1S/C20H25N3O6/c1-3-5-11-28-14-8-6-13(7-9-14)19(26)29-12-15(24)16-17(21)23(10-4-2)20(27)22-18(16)25/h6-9H,3-5,10-12,21H2,1-2H3,(H,22,25,27). The first-order chi connectivity index (χ1) is 13.9. The molecule has 29 heavy (non-hydrogen) atoms. The van der Waals surface area contributed by atoms with Crippen LogP contribution in [-0.2, 0) is 11.3 Å². The first-order valence-electron chi connectivity index (χ1n) is 9.44. The lowest BCUT2D eigenvalue weighted by atomic mass is 10.2. The Morgan fingerprint density at radius 2 is 1.79 bits per heavy atom. The van der Waals surface area contributed by atoms with Crippen molar-refractivity contribution in [3.05, 3.63) is 56.2 Å². The summed E-state index contributed by atoms with van der Waals surface area (Å²) < 4.78 is 11.6. The maximum atomic E-state index is 12.4. The quantitative estimate of drug-likeness (QED) is 0.351. The van der Waals surface area contributed by atoms with Crippen molar-refractivity contribution in [3.8, 4) is 5.75 Å². The SMILES string of the molecule is CCCCOc1ccc(C(=O)OCC(=O)c2c(N)n(CCC)c(=O)[nH]c2=O)cc1. The molecule has 2 rings (SSSR count). The number of carbonyl (C=O) groups is 2. The van der Waals surface area contributed by atoms with Crippen LogP contribution in [0.4, 0.5) is 5.82 Å². The molecule has 9 heteroatoms. The lowest BCUT2D eigenvalue weighted by molar-refractivity contribution is 0.0474. The molecule has 0 aliphatic heterocycles. The Hall–Kier alpha value is -3.36. The zero-order chi connectivity index (χ0) is 21.4. The van der Waals surface area contributed by atoms with Gasteiger partial charge in [0.2, 0.25) is 5.78 Å². The number of anilines is 1. The van der Waals surface area contributed by atoms with E-state index in [0.29, 0.717) is 18.8 Å². The number of rotatable bonds is 10. The minimum absolute atomic E-state index is 0.235. The van der Waals surface area contributed by atoms with Gasteiger partial charge in [0, 0.05) is 6.54 Å². The van der Waals surface area contributed by atoms with E-state index in [0.717, 1.165) is 17.4 Å². The molecule has 1 aromatic carbocycles. The third-order valence-corrected chi connectivity index (χ3v) is 4.16. The van der Waals surface area contributed by atoms with Gasteiger partial charge in [-0.25, -0.2) is 9.59 Å². The second kappa shape index (κ2) is 10.3. The van der Waals surface area contributed by atoms with Crippen molar-refractivity contribution in [2.45, 2.75) is 39.7 Å². The van der Waals surface area contributed by atoms with Crippen LogP contribution in [0.5, 0.6) is 5.75 Å². The van der Waals surface area contributed by atoms with E-state index in [4.69, 9.17) is 15.2 Å². The molecule has 0 aliphatic carbocycles. The molecule has 2 aromatic rings. The summed E-state index contributed by atoms with van der Waals surface area (Å²) in [6, 6.07) is 6.32. The second-order valence-electron chi connectivity index (χ2n) is 6.40. The monoisotopic (exact) mass is 403 g/mol. The Bertz CT molecular complexity index is 975. The van der Waals surface area contributed by atoms with Crippen LogP contribution in [0.3, 0.4) is 0 Å². The number of Topliss-reactive ketones (excluding diaryl/α,β-unsaturated/α-hetero) is 1. The zero-order valence-corrected chi connectivity index (χ0v) is 16.5. The van der Waals surface area contributed by atoms with E-state index in [9.17, 15) is 19.2 Å². The van der Waals surface area contributed by atoms with Crippen LogP contribution in [0.15, 0.2) is 33.9 Å². The first kappa shape index (κ1) is 21.9. The van der Waals surface area contributed by atoms with Crippen LogP contribution >= 0.6 is 0 Å². The molecule has 3 N–H and O–H groups in total. The van der Waals surface area contributed by atoms with Crippen molar-refractivity contribution in [1.82, 2.24) is 9.55 Å². The number of nitrogens with two attached hydrogens (primary N) is 1. The van der Waals surface area contributed by atoms with Gasteiger partial charge >= 0.3 is 11.7 Å². The first-order valence-corrected chi connectivity index (χ1v) is 9.44. The van der Waals surface area contributed by atoms with Gasteiger partial charge in [0.25, 0.3) is 5.56 Å². The minimum atomic E-state index is -0.908. The van der Waals surface area contributed by atoms with Crippen molar-refractivity contribution in [2.24, 2.45) is 0 Å². The summed E-state index contributed by atoms with van der Waals surface area (Å²) in [4.78, 5) is 50.4. The van der Waals surface area contributed by atoms with Gasteiger partial charge in [0.15, 0.2) is 6.61 Å². The fourth-order valence-corrected chi connectivity index (χ4v) is 2.61. The van der Waals surface area contributed by atoms with Crippen LogP contribution in [0.25, 0.3) is 0 Å². The van der Waals surface area contributed by atoms with E-state index < -0.39 is 35.2 Å². The topological polar surface area (TPSA) is 133 Å². The molecule has 0 radical (unpaired) electrons. The highest BCUT2D eigenvalue weighted by atomic mass is 16.5. The van der Waals surface area contributed by atoms with Gasteiger partial charge in [-0.05, 0) is 37.1 Å². The Morgan fingerprint density at radius 1 is 1.10 bits per heavy atom. The highest BCUT2D eigenvalue weighted by Crippen LogP contribution is 2.14. The molecule has 0 saturated carbocycles. The molecule has 0 atom stereocenters. The highest BCUT2D eigenvalue weighted by molar-refractivity contribution is 6.02. The smallest absolute Gasteiger partial charge is 0.338 e. The van der Waals surface area contributed by atoms with Gasteiger partial charge in [-0.1, -0.05) is 20.3 Å². The molecule has 0 fully saturated rings. The summed E-state index contributed by atoms with van der Waals surface area (Å²) in [5.41, 5.74) is 4.06. The summed E-state index contributed by atoms with van der Waals surface area (Å²) in [7, 11) is 0. The summed E-state index contributed by atoms with van der Waals surface area (Å²) in [5.74, 6) is -1.13. The fourth-order valence-electron chi connectivity index (χ4n) is 2.61. The van der Waals surface area contributed by atoms with Crippen molar-refractivity contribution in [3.63, 3.8) is 0 Å². The van der Waals surface area contributed by atoms with Crippen molar-refractivity contribution >= 4 is 17.6 Å². The summed E-state index contributed by atoms with van der Waals surface area (Å²) >= 11 is 0. The molecular formula is C20H25N3O6. The van der Waals surface area contributed by atoms with Gasteiger partial charge in [-0.3, -0.25) is 19.1 Å². The number of carbonyl (C=O) groups excluding carboxylic acids is 2. The predicted molar refractivity (Wildman–Crippen MR) is 107 cm³/mol. The predicted octanol–water partition coefficient (Wildman–Crippen LogP) is 1.75. The molecule has 9 nitrogen and oxygen atoms in total. The summed E-state index contributed by atoms with van der Waals surface area (Å²) in [6.45, 7) is 4.04. The molecule has 156 valence electrons. The molecule has 1 heterocycles. The largest absolute Gasteiger partial charge is 0.494 e. The number of benzene rings is 1. The van der Waals surface area contributed by atoms with E-state index in [2.05, 4.69) is 11.9 Å². The molecule has 0 aliphatic rings. The molecule has 0 unspecified atom stereocenters. The third kappa shape index (κ3) is 5.56. The molecule has 0 saturated heterocycles. The van der Waals surface area contributed by atoms with Gasteiger partial charge in [0.1, 0.15) is 17.1 Å². The van der Waals surface area contributed by atoms with E-state index in [1.54, 1.807) is 12.1 Å². The van der Waals surface area contributed by atoms with Crippen LogP contribution in [0.2, 0.25) is 0 Å². The zero-order valence-electron chi connectivity index (χ0n) is 16.5. The number of nitrogens with one attached hydrogen (secondary N) is 1. The van der Waals surface area contributed by atoms with E-state index in [-0.39, 0.29) is 17.9 Å². The van der Waals surface area contributed by atoms with Crippen molar-refractivity contribution < 1.29 is 19.1 Å². The number of aromatic nitrogens is 2. The third-order valence-electron chi connectivity index (χ3n) is 4.16. The molecular weight excluding hydrogens is 378 g/mol. The maximum absolute atomic E-state index is 12.4. The van der Waals surface area contributed by atoms with Crippen molar-refractivity contribution in [1.29, 1.82) is 0 Å². The number of hydrogen-bond donors (Lipinski definition) is 2. The maximum Gasteiger partial charge on any atom is 0.338 e. The van der Waals surface area contributed by atoms with Crippen LogP contribution in [-0.4, -0.2) is 34.5 Å². The Morgan fingerprint density at radius 3 is 2.41 bits per heavy atom. The van der Waals surface area contributed by atoms with E-state index in [1.165, 1.54) is 12.1 Å². The number of hydrogen-bond acceptors (Lipinski definition) is 7. The molecule has 0 spiro atoms. The van der Waals surface area contributed by atoms with E-state index in [1.807, 2.05) is 6.92 Å². The second-order valence-corrected chi connectivity index (χ2v) is 6.40. The minimum Gasteiger partial charge on any atom is -0.494 e. The van der Waals surface area contributed by atoms with Gasteiger partial charge in [-0.2, -0.15) is 0 Å². The summed E-state index contributed by atoms with van der Waals surface area (Å²) in [6.07, 6.45) is 2.53. The average Bonchev–Trinajstić information content (AvgIpc) is 2.70. The number of esters is 1. The number of nitrogens with zero attached hydrogens (tertiary/aromatic N) is 1. The molecule has 0 bridgehead atoms. The number of ether oxygens (including phenoxy) is 2. The Balaban J connectivity index is 2.05. The van der Waals surface area contributed by atoms with Crippen molar-refractivity contribution in [2.75, 3.05) is 18.9 Å². The van der Waals surface area contributed by atoms with Crippen LogP contribution in [0.1, 0.15) is 53.8 Å². The Labute approximate surface area is 167 Å². The normalized spacial score (nSPS) is 10.6. The average molecular weight is 403 g/mol. The summed E-state index contributed by atoms with van der Waals surface area (Å²) in [5, 5.41) is 0. The Kier molecular flexibility index (Phi) is 7.76. The van der Waals surface area contributed by atoms with Gasteiger partial charge < -0.3 is 15.2 Å². The van der Waals surface area contributed by atoms with Crippen LogP contribution in [0, 0.1) is 0 Å². The molecule has 0 amide bonds. The van der Waals surface area contributed by atoms with Crippen LogP contribution < -0.4 is 21.7 Å². The number of H-pyrrole nitrogens is 1. The highest BCUT2D eigenvalue weighted by Gasteiger charge is 2.21. The number of nitrogen functional groups attached to an aromatic ring is 1. The molecule has 1 aromatic heterocycles. The number of ketones is 1. The lowest BCUT2D eigenvalue weighted by Crippen LogP contribution is -2.37. The number of unbranched alkanes of at least 4 members (excludes halogenated alkanes) is 1. The van der Waals surface area contributed by atoms with Gasteiger partial charge in [-0.15, -0.1) is 0 Å². The lowest BCUT2D eigenvalue weighted by Gasteiger charge is -2.11. The van der Waals surface area contributed by atoms with Gasteiger partial charge in [0.05, 0.1) is 12.2 Å². The number of aromatic amines is 1. The van der Waals surface area contributed by atoms with E-state index >= 15 is 0 Å². The fraction of sp³-hybridized carbons (Fsp3) is 0.400.